The number of benzene rings is 2. The van der Waals surface area contributed by atoms with E-state index in [-0.39, 0.29) is 5.57 Å². The molecule has 25 heavy (non-hydrogen) atoms. The molecule has 4 nitrogen and oxygen atoms in total. The van der Waals surface area contributed by atoms with E-state index >= 15 is 0 Å². The van der Waals surface area contributed by atoms with E-state index in [4.69, 9.17) is 27.9 Å². The molecule has 0 aromatic heterocycles. The topological polar surface area (TPSA) is 62.1 Å². The van der Waals surface area contributed by atoms with E-state index in [9.17, 15) is 10.1 Å². The number of ether oxygens (including phenoxy) is 1. The number of carbonyl (C=O) groups excluding carboxylic acids is 1. The second-order valence-corrected chi connectivity index (χ2v) is 5.98. The second-order valence-electron chi connectivity index (χ2n) is 5.13. The number of anilines is 1. The standard InChI is InChI=1S/C19H16Cl2N2O2/c1-2-9-25-18-6-4-3-5-13(18)10-14(12-22)19(24)23-17-8-7-15(20)11-16(17)21/h3-8,10-11H,2,9H2,1H3,(H,23,24)/b14-10+. The van der Waals surface area contributed by atoms with Crippen LogP contribution in [-0.2, 0) is 4.79 Å². The highest BCUT2D eigenvalue weighted by molar-refractivity contribution is 6.36. The summed E-state index contributed by atoms with van der Waals surface area (Å²) in [6, 6.07) is 13.8. The molecular weight excluding hydrogens is 359 g/mol. The van der Waals surface area contributed by atoms with Gasteiger partial charge in [-0.2, -0.15) is 5.26 Å². The van der Waals surface area contributed by atoms with Gasteiger partial charge in [0.1, 0.15) is 17.4 Å². The molecule has 6 heteroatoms. The number of halogens is 2. The summed E-state index contributed by atoms with van der Waals surface area (Å²) in [5, 5.41) is 12.7. The first-order valence-electron chi connectivity index (χ1n) is 7.65. The first kappa shape index (κ1) is 18.9. The Balaban J connectivity index is 2.25. The van der Waals surface area contributed by atoms with Gasteiger partial charge in [0, 0.05) is 10.6 Å². The van der Waals surface area contributed by atoms with Gasteiger partial charge in [-0.3, -0.25) is 4.79 Å². The zero-order valence-electron chi connectivity index (χ0n) is 13.6. The lowest BCUT2D eigenvalue weighted by Gasteiger charge is -2.09. The summed E-state index contributed by atoms with van der Waals surface area (Å²) >= 11 is 11.9. The van der Waals surface area contributed by atoms with Crippen LogP contribution in [0.4, 0.5) is 5.69 Å². The normalized spacial score (nSPS) is 10.9. The molecule has 0 saturated carbocycles. The Labute approximate surface area is 156 Å². The van der Waals surface area contributed by atoms with Crippen LogP contribution in [0.2, 0.25) is 10.0 Å². The smallest absolute Gasteiger partial charge is 0.266 e. The van der Waals surface area contributed by atoms with Gasteiger partial charge in [0.15, 0.2) is 0 Å². The predicted octanol–water partition coefficient (Wildman–Crippen LogP) is 5.33. The van der Waals surface area contributed by atoms with Crippen molar-refractivity contribution >= 4 is 40.9 Å². The lowest BCUT2D eigenvalue weighted by molar-refractivity contribution is -0.112. The number of carbonyl (C=O) groups is 1. The summed E-state index contributed by atoms with van der Waals surface area (Å²) in [6.45, 7) is 2.56. The van der Waals surface area contributed by atoms with E-state index in [0.717, 1.165) is 6.42 Å². The van der Waals surface area contributed by atoms with Gasteiger partial charge in [-0.25, -0.2) is 0 Å². The van der Waals surface area contributed by atoms with Crippen LogP contribution >= 0.6 is 23.2 Å². The number of nitrogens with one attached hydrogen (secondary N) is 1. The molecule has 0 aliphatic heterocycles. The summed E-state index contributed by atoms with van der Waals surface area (Å²) in [5.41, 5.74) is 0.983. The fraction of sp³-hybridized carbons (Fsp3) is 0.158. The Bertz CT molecular complexity index is 842. The fourth-order valence-corrected chi connectivity index (χ4v) is 2.48. The van der Waals surface area contributed by atoms with Crippen molar-refractivity contribution in [2.24, 2.45) is 0 Å². The number of nitriles is 1. The molecule has 0 radical (unpaired) electrons. The summed E-state index contributed by atoms with van der Waals surface area (Å²) in [7, 11) is 0. The van der Waals surface area contributed by atoms with Crippen LogP contribution in [0, 0.1) is 11.3 Å². The Morgan fingerprint density at radius 1 is 1.28 bits per heavy atom. The van der Waals surface area contributed by atoms with E-state index in [1.54, 1.807) is 24.3 Å². The third-order valence-electron chi connectivity index (χ3n) is 3.22. The predicted molar refractivity (Wildman–Crippen MR) is 101 cm³/mol. The monoisotopic (exact) mass is 374 g/mol. The maximum absolute atomic E-state index is 12.4. The number of para-hydroxylation sites is 1. The highest BCUT2D eigenvalue weighted by Gasteiger charge is 2.13. The summed E-state index contributed by atoms with van der Waals surface area (Å²) < 4.78 is 5.64. The van der Waals surface area contributed by atoms with Crippen molar-refractivity contribution in [1.82, 2.24) is 0 Å². The van der Waals surface area contributed by atoms with E-state index in [0.29, 0.717) is 33.7 Å². The summed E-state index contributed by atoms with van der Waals surface area (Å²) in [4.78, 5) is 12.4. The number of rotatable bonds is 6. The molecule has 1 N–H and O–H groups in total. The van der Waals surface area contributed by atoms with Crippen molar-refractivity contribution in [3.63, 3.8) is 0 Å². The van der Waals surface area contributed by atoms with Crippen molar-refractivity contribution in [2.75, 3.05) is 11.9 Å². The zero-order valence-corrected chi connectivity index (χ0v) is 15.1. The second kappa shape index (κ2) is 9.12. The van der Waals surface area contributed by atoms with Crippen LogP contribution in [0.25, 0.3) is 6.08 Å². The Kier molecular flexibility index (Phi) is 6.88. The number of hydrogen-bond acceptors (Lipinski definition) is 3. The van der Waals surface area contributed by atoms with Gasteiger partial charge in [-0.05, 0) is 36.8 Å². The molecule has 128 valence electrons. The van der Waals surface area contributed by atoms with E-state index in [1.165, 1.54) is 12.1 Å². The summed E-state index contributed by atoms with van der Waals surface area (Å²) in [6.07, 6.45) is 2.35. The highest BCUT2D eigenvalue weighted by atomic mass is 35.5. The molecule has 2 aromatic carbocycles. The van der Waals surface area contributed by atoms with Crippen molar-refractivity contribution in [2.45, 2.75) is 13.3 Å². The van der Waals surface area contributed by atoms with E-state index in [1.807, 2.05) is 25.1 Å². The molecule has 0 aliphatic rings. The molecule has 0 fully saturated rings. The first-order valence-corrected chi connectivity index (χ1v) is 8.40. The fourth-order valence-electron chi connectivity index (χ4n) is 2.03. The van der Waals surface area contributed by atoms with Gasteiger partial charge in [0.2, 0.25) is 0 Å². The van der Waals surface area contributed by atoms with Crippen LogP contribution < -0.4 is 10.1 Å². The number of nitrogens with zero attached hydrogens (tertiary/aromatic N) is 1. The van der Waals surface area contributed by atoms with Crippen LogP contribution in [-0.4, -0.2) is 12.5 Å². The largest absolute Gasteiger partial charge is 0.493 e. The SMILES string of the molecule is CCCOc1ccccc1/C=C(\C#N)C(=O)Nc1ccc(Cl)cc1Cl. The molecule has 0 atom stereocenters. The van der Waals surface area contributed by atoms with Crippen molar-refractivity contribution in [1.29, 1.82) is 5.26 Å². The molecule has 0 aliphatic carbocycles. The van der Waals surface area contributed by atoms with Gasteiger partial charge < -0.3 is 10.1 Å². The molecule has 0 bridgehead atoms. The zero-order chi connectivity index (χ0) is 18.2. The van der Waals surface area contributed by atoms with Crippen LogP contribution in [0.15, 0.2) is 48.0 Å². The third-order valence-corrected chi connectivity index (χ3v) is 3.77. The quantitative estimate of drug-likeness (QED) is 0.549. The van der Waals surface area contributed by atoms with Gasteiger partial charge in [-0.1, -0.05) is 48.3 Å². The van der Waals surface area contributed by atoms with Crippen molar-refractivity contribution < 1.29 is 9.53 Å². The number of amides is 1. The lowest BCUT2D eigenvalue weighted by atomic mass is 10.1. The van der Waals surface area contributed by atoms with Gasteiger partial charge >= 0.3 is 0 Å². The average molecular weight is 375 g/mol. The first-order chi connectivity index (χ1) is 12.0. The Morgan fingerprint density at radius 3 is 2.72 bits per heavy atom. The third kappa shape index (κ3) is 5.25. The maximum Gasteiger partial charge on any atom is 0.266 e. The van der Waals surface area contributed by atoms with Crippen LogP contribution in [0.1, 0.15) is 18.9 Å². The minimum Gasteiger partial charge on any atom is -0.493 e. The molecule has 0 spiro atoms. The van der Waals surface area contributed by atoms with Crippen LogP contribution in [0.5, 0.6) is 5.75 Å². The van der Waals surface area contributed by atoms with Crippen molar-refractivity contribution in [3.8, 4) is 11.8 Å². The minimum atomic E-state index is -0.558. The van der Waals surface area contributed by atoms with Crippen molar-refractivity contribution in [3.05, 3.63) is 63.6 Å². The Hall–Kier alpha value is -2.48. The average Bonchev–Trinajstić information content (AvgIpc) is 2.61. The van der Waals surface area contributed by atoms with Gasteiger partial charge in [-0.15, -0.1) is 0 Å². The summed E-state index contributed by atoms with van der Waals surface area (Å²) in [5.74, 6) is 0.0615. The van der Waals surface area contributed by atoms with Gasteiger partial charge in [0.25, 0.3) is 5.91 Å². The molecule has 2 rings (SSSR count). The molecule has 2 aromatic rings. The van der Waals surface area contributed by atoms with E-state index < -0.39 is 5.91 Å². The molecular formula is C19H16Cl2N2O2. The van der Waals surface area contributed by atoms with Gasteiger partial charge in [0.05, 0.1) is 17.3 Å². The molecule has 1 amide bonds. The Morgan fingerprint density at radius 2 is 2.04 bits per heavy atom. The minimum absolute atomic E-state index is 0.0569. The highest BCUT2D eigenvalue weighted by Crippen LogP contribution is 2.26. The molecule has 0 unspecified atom stereocenters. The van der Waals surface area contributed by atoms with E-state index in [2.05, 4.69) is 5.32 Å². The maximum atomic E-state index is 12.4. The molecule has 0 saturated heterocycles. The van der Waals surface area contributed by atoms with Crippen LogP contribution in [0.3, 0.4) is 0 Å². The lowest BCUT2D eigenvalue weighted by Crippen LogP contribution is -2.13. The number of hydrogen-bond donors (Lipinski definition) is 1. The molecule has 0 heterocycles.